The normalized spacial score (nSPS) is 25.1. The van der Waals surface area contributed by atoms with Gasteiger partial charge in [0.1, 0.15) is 11.9 Å². The zero-order chi connectivity index (χ0) is 11.1. The first-order valence-corrected chi connectivity index (χ1v) is 5.39. The lowest BCUT2D eigenvalue weighted by molar-refractivity contribution is 0.178. The minimum atomic E-state index is -0.0366. The van der Waals surface area contributed by atoms with Crippen LogP contribution in [-0.2, 0) is 10.2 Å². The summed E-state index contributed by atoms with van der Waals surface area (Å²) in [6.07, 6.45) is 0.206. The highest BCUT2D eigenvalue weighted by molar-refractivity contribution is 5.31. The van der Waals surface area contributed by atoms with E-state index in [1.807, 2.05) is 19.1 Å². The van der Waals surface area contributed by atoms with Gasteiger partial charge in [0.05, 0.1) is 0 Å². The second-order valence-electron chi connectivity index (χ2n) is 5.10. The van der Waals surface area contributed by atoms with Gasteiger partial charge in [-0.2, -0.15) is 0 Å². The van der Waals surface area contributed by atoms with Crippen molar-refractivity contribution in [1.29, 1.82) is 0 Å². The van der Waals surface area contributed by atoms with Crippen molar-refractivity contribution < 1.29 is 9.47 Å². The van der Waals surface area contributed by atoms with Crippen LogP contribution in [0.5, 0.6) is 5.75 Å². The van der Waals surface area contributed by atoms with Gasteiger partial charge in [-0.15, -0.1) is 0 Å². The third kappa shape index (κ3) is 2.51. The number of hydrogen-bond donors (Lipinski definition) is 0. The topological polar surface area (TPSA) is 21.8 Å². The van der Waals surface area contributed by atoms with Crippen molar-refractivity contribution in [3.8, 4) is 5.75 Å². The van der Waals surface area contributed by atoms with Crippen molar-refractivity contribution >= 4 is 0 Å². The van der Waals surface area contributed by atoms with Crippen LogP contribution < -0.4 is 4.74 Å². The highest BCUT2D eigenvalue weighted by Gasteiger charge is 2.36. The summed E-state index contributed by atoms with van der Waals surface area (Å²) in [5, 5.41) is 0. The Bertz CT molecular complexity index is 335. The number of benzene rings is 1. The van der Waals surface area contributed by atoms with Crippen molar-refractivity contribution in [2.45, 2.75) is 45.5 Å². The Labute approximate surface area is 91.2 Å². The molecule has 0 spiro atoms. The molecule has 82 valence electrons. The van der Waals surface area contributed by atoms with Gasteiger partial charge in [0, 0.05) is 0 Å². The van der Waals surface area contributed by atoms with E-state index >= 15 is 0 Å². The second kappa shape index (κ2) is 3.53. The fourth-order valence-corrected chi connectivity index (χ4v) is 1.46. The van der Waals surface area contributed by atoms with Crippen molar-refractivity contribution in [1.82, 2.24) is 0 Å². The Morgan fingerprint density at radius 3 is 2.07 bits per heavy atom. The van der Waals surface area contributed by atoms with Crippen molar-refractivity contribution in [3.05, 3.63) is 29.8 Å². The Kier molecular flexibility index (Phi) is 2.47. The van der Waals surface area contributed by atoms with Crippen molar-refractivity contribution in [2.24, 2.45) is 0 Å². The van der Waals surface area contributed by atoms with Gasteiger partial charge in [-0.1, -0.05) is 32.9 Å². The molecule has 0 N–H and O–H groups in total. The van der Waals surface area contributed by atoms with Gasteiger partial charge in [-0.3, -0.25) is 0 Å². The standard InChI is InChI=1S/C13H18O2/c1-9-12(14-9)15-11-7-5-10(6-8-11)13(2,3)4/h5-9,12H,1-4H3. The Morgan fingerprint density at radius 1 is 1.13 bits per heavy atom. The van der Waals surface area contributed by atoms with Crippen LogP contribution in [-0.4, -0.2) is 12.4 Å². The Balaban J connectivity index is 2.04. The van der Waals surface area contributed by atoms with Gasteiger partial charge in [0.25, 0.3) is 0 Å². The first-order valence-electron chi connectivity index (χ1n) is 5.39. The molecular weight excluding hydrogens is 188 g/mol. The van der Waals surface area contributed by atoms with Crippen molar-refractivity contribution in [2.75, 3.05) is 0 Å². The molecule has 1 aliphatic rings. The molecule has 0 bridgehead atoms. The van der Waals surface area contributed by atoms with Gasteiger partial charge in [-0.05, 0) is 30.0 Å². The molecule has 0 aliphatic carbocycles. The average molecular weight is 206 g/mol. The Hall–Kier alpha value is -1.02. The monoisotopic (exact) mass is 206 g/mol. The summed E-state index contributed by atoms with van der Waals surface area (Å²) in [4.78, 5) is 0. The molecule has 1 heterocycles. The zero-order valence-electron chi connectivity index (χ0n) is 9.78. The van der Waals surface area contributed by atoms with Crippen LogP contribution in [0, 0.1) is 0 Å². The molecule has 2 unspecified atom stereocenters. The fraction of sp³-hybridized carbons (Fsp3) is 0.538. The molecule has 0 aromatic heterocycles. The van der Waals surface area contributed by atoms with E-state index in [0.717, 1.165) is 5.75 Å². The molecule has 1 aromatic carbocycles. The van der Waals surface area contributed by atoms with Gasteiger partial charge in [-0.25, -0.2) is 0 Å². The van der Waals surface area contributed by atoms with Crippen LogP contribution >= 0.6 is 0 Å². The van der Waals surface area contributed by atoms with E-state index in [0.29, 0.717) is 0 Å². The first kappa shape index (κ1) is 10.5. The molecule has 1 fully saturated rings. The zero-order valence-corrected chi connectivity index (χ0v) is 9.78. The van der Waals surface area contributed by atoms with E-state index in [-0.39, 0.29) is 17.8 Å². The summed E-state index contributed by atoms with van der Waals surface area (Å²) >= 11 is 0. The number of hydrogen-bond acceptors (Lipinski definition) is 2. The van der Waals surface area contributed by atoms with E-state index in [1.165, 1.54) is 5.56 Å². The van der Waals surface area contributed by atoms with Gasteiger partial charge >= 0.3 is 0 Å². The summed E-state index contributed by atoms with van der Waals surface area (Å²) < 4.78 is 10.8. The lowest BCUT2D eigenvalue weighted by atomic mass is 9.87. The molecule has 15 heavy (non-hydrogen) atoms. The quantitative estimate of drug-likeness (QED) is 0.693. The predicted molar refractivity (Wildman–Crippen MR) is 60.1 cm³/mol. The number of rotatable bonds is 2. The maximum atomic E-state index is 5.58. The molecule has 0 amide bonds. The SMILES string of the molecule is CC1OC1Oc1ccc(C(C)(C)C)cc1. The lowest BCUT2D eigenvalue weighted by Crippen LogP contribution is -2.10. The highest BCUT2D eigenvalue weighted by Crippen LogP contribution is 2.28. The molecule has 2 atom stereocenters. The van der Waals surface area contributed by atoms with Crippen LogP contribution in [0.3, 0.4) is 0 Å². The van der Waals surface area contributed by atoms with Crippen LogP contribution in [0.1, 0.15) is 33.3 Å². The molecule has 2 nitrogen and oxygen atoms in total. The van der Waals surface area contributed by atoms with Crippen LogP contribution in [0.25, 0.3) is 0 Å². The lowest BCUT2D eigenvalue weighted by Gasteiger charge is -2.19. The van der Waals surface area contributed by atoms with Crippen LogP contribution in [0.15, 0.2) is 24.3 Å². The Morgan fingerprint density at radius 2 is 1.67 bits per heavy atom. The maximum absolute atomic E-state index is 5.58. The molecule has 1 aliphatic heterocycles. The molecule has 0 radical (unpaired) electrons. The summed E-state index contributed by atoms with van der Waals surface area (Å²) in [6.45, 7) is 8.62. The van der Waals surface area contributed by atoms with E-state index < -0.39 is 0 Å². The van der Waals surface area contributed by atoms with E-state index in [2.05, 4.69) is 32.9 Å². The predicted octanol–water partition coefficient (Wildman–Crippen LogP) is 3.11. The summed E-state index contributed by atoms with van der Waals surface area (Å²) in [5.41, 5.74) is 1.52. The third-order valence-electron chi connectivity index (χ3n) is 2.63. The smallest absolute Gasteiger partial charge is 0.226 e. The minimum Gasteiger partial charge on any atom is -0.462 e. The van der Waals surface area contributed by atoms with Crippen LogP contribution in [0.4, 0.5) is 0 Å². The fourth-order valence-electron chi connectivity index (χ4n) is 1.46. The number of ether oxygens (including phenoxy) is 2. The third-order valence-corrected chi connectivity index (χ3v) is 2.63. The first-order chi connectivity index (χ1) is 6.97. The molecule has 0 saturated carbocycles. The molecule has 2 rings (SSSR count). The van der Waals surface area contributed by atoms with E-state index in [4.69, 9.17) is 9.47 Å². The maximum Gasteiger partial charge on any atom is 0.226 e. The molecule has 1 saturated heterocycles. The molecule has 2 heteroatoms. The average Bonchev–Trinajstić information content (AvgIpc) is 2.81. The van der Waals surface area contributed by atoms with Crippen molar-refractivity contribution in [3.63, 3.8) is 0 Å². The summed E-state index contributed by atoms with van der Waals surface area (Å²) in [6, 6.07) is 8.24. The molecular formula is C13H18O2. The second-order valence-corrected chi connectivity index (χ2v) is 5.10. The summed E-state index contributed by atoms with van der Waals surface area (Å²) in [5.74, 6) is 0.886. The van der Waals surface area contributed by atoms with Gasteiger partial charge in [0.2, 0.25) is 6.29 Å². The molecule has 1 aromatic rings. The van der Waals surface area contributed by atoms with Gasteiger partial charge < -0.3 is 9.47 Å². The van der Waals surface area contributed by atoms with E-state index in [1.54, 1.807) is 0 Å². The van der Waals surface area contributed by atoms with Gasteiger partial charge in [0.15, 0.2) is 0 Å². The number of epoxide rings is 1. The highest BCUT2D eigenvalue weighted by atomic mass is 16.8. The largest absolute Gasteiger partial charge is 0.462 e. The van der Waals surface area contributed by atoms with Crippen LogP contribution in [0.2, 0.25) is 0 Å². The van der Waals surface area contributed by atoms with E-state index in [9.17, 15) is 0 Å². The minimum absolute atomic E-state index is 0.0366. The summed E-state index contributed by atoms with van der Waals surface area (Å²) in [7, 11) is 0.